The second-order valence-electron chi connectivity index (χ2n) is 6.93. The molecular weight excluding hydrogens is 342 g/mol. The molecule has 5 N–H and O–H groups in total. The maximum absolute atomic E-state index is 12.8. The quantitative estimate of drug-likeness (QED) is 0.734. The lowest BCUT2D eigenvalue weighted by atomic mass is 9.67. The standard InChI is InChI=1S/C18H25N3O3.ClH/c19-13-8-11-4-3-5-12(9-13)17(11)21-18(23)14-6-1-2-7-15(14)24-10-16(20)22;/h1-2,6-7,11-13,17H,3-5,8-10,19H2,(H2,20,22)(H,21,23);1H. The Hall–Kier alpha value is -1.79. The Bertz CT molecular complexity index is 611. The summed E-state index contributed by atoms with van der Waals surface area (Å²) >= 11 is 0. The third-order valence-corrected chi connectivity index (χ3v) is 5.18. The molecule has 0 aliphatic heterocycles. The number of hydrogen-bond acceptors (Lipinski definition) is 4. The fourth-order valence-electron chi connectivity index (χ4n) is 4.18. The number of hydrogen-bond donors (Lipinski definition) is 3. The SMILES string of the molecule is Cl.NC(=O)COc1ccccc1C(=O)NC1C2CCCC1CC(N)C2. The van der Waals surface area contributed by atoms with Crippen molar-refractivity contribution in [3.63, 3.8) is 0 Å². The molecule has 0 saturated heterocycles. The van der Waals surface area contributed by atoms with E-state index < -0.39 is 5.91 Å². The lowest BCUT2D eigenvalue weighted by Gasteiger charge is -2.45. The monoisotopic (exact) mass is 367 g/mol. The summed E-state index contributed by atoms with van der Waals surface area (Å²) in [6.07, 6.45) is 5.40. The summed E-state index contributed by atoms with van der Waals surface area (Å²) in [7, 11) is 0. The Morgan fingerprint density at radius 1 is 1.16 bits per heavy atom. The first-order valence-electron chi connectivity index (χ1n) is 8.61. The number of carbonyl (C=O) groups excluding carboxylic acids is 2. The molecule has 1 aromatic rings. The molecule has 2 fully saturated rings. The second-order valence-corrected chi connectivity index (χ2v) is 6.93. The molecule has 7 heteroatoms. The molecule has 2 saturated carbocycles. The summed E-state index contributed by atoms with van der Waals surface area (Å²) in [6.45, 7) is -0.242. The molecule has 0 radical (unpaired) electrons. The van der Waals surface area contributed by atoms with Crippen molar-refractivity contribution in [1.29, 1.82) is 0 Å². The number of carbonyl (C=O) groups is 2. The number of amides is 2. The Kier molecular flexibility index (Phi) is 6.67. The minimum atomic E-state index is -0.569. The van der Waals surface area contributed by atoms with E-state index in [1.807, 2.05) is 0 Å². The predicted octanol–water partition coefficient (Wildman–Crippen LogP) is 1.61. The summed E-state index contributed by atoms with van der Waals surface area (Å²) in [6, 6.07) is 7.35. The third kappa shape index (κ3) is 4.64. The highest BCUT2D eigenvalue weighted by atomic mass is 35.5. The molecule has 0 heterocycles. The molecule has 2 aliphatic rings. The second kappa shape index (κ2) is 8.54. The van der Waals surface area contributed by atoms with Gasteiger partial charge in [-0.15, -0.1) is 12.4 Å². The van der Waals surface area contributed by atoms with Crippen LogP contribution in [0, 0.1) is 11.8 Å². The van der Waals surface area contributed by atoms with Gasteiger partial charge in [-0.3, -0.25) is 9.59 Å². The normalized spacial score (nSPS) is 27.7. The van der Waals surface area contributed by atoms with E-state index >= 15 is 0 Å². The molecule has 138 valence electrons. The zero-order chi connectivity index (χ0) is 17.1. The Morgan fingerprint density at radius 3 is 2.44 bits per heavy atom. The Labute approximate surface area is 154 Å². The minimum absolute atomic E-state index is 0. The van der Waals surface area contributed by atoms with Crippen LogP contribution in [-0.4, -0.2) is 30.5 Å². The minimum Gasteiger partial charge on any atom is -0.483 e. The Balaban J connectivity index is 0.00000225. The van der Waals surface area contributed by atoms with Crippen LogP contribution < -0.4 is 21.5 Å². The molecule has 2 atom stereocenters. The van der Waals surface area contributed by atoms with Crippen molar-refractivity contribution < 1.29 is 14.3 Å². The summed E-state index contributed by atoms with van der Waals surface area (Å²) in [5.41, 5.74) is 11.7. The van der Waals surface area contributed by atoms with E-state index in [-0.39, 0.29) is 37.0 Å². The Morgan fingerprint density at radius 2 is 1.80 bits per heavy atom. The van der Waals surface area contributed by atoms with Crippen molar-refractivity contribution >= 4 is 24.2 Å². The smallest absolute Gasteiger partial charge is 0.255 e. The molecule has 6 nitrogen and oxygen atoms in total. The van der Waals surface area contributed by atoms with Crippen molar-refractivity contribution in [2.75, 3.05) is 6.61 Å². The largest absolute Gasteiger partial charge is 0.483 e. The molecule has 2 bridgehead atoms. The van der Waals surface area contributed by atoms with Crippen LogP contribution in [0.25, 0.3) is 0 Å². The highest BCUT2D eigenvalue weighted by Crippen LogP contribution is 2.39. The molecule has 25 heavy (non-hydrogen) atoms. The molecule has 0 aromatic heterocycles. The van der Waals surface area contributed by atoms with Gasteiger partial charge in [0.1, 0.15) is 5.75 Å². The first-order valence-corrected chi connectivity index (χ1v) is 8.61. The van der Waals surface area contributed by atoms with Gasteiger partial charge in [-0.25, -0.2) is 0 Å². The highest BCUT2D eigenvalue weighted by molar-refractivity contribution is 5.97. The van der Waals surface area contributed by atoms with Gasteiger partial charge in [-0.2, -0.15) is 0 Å². The van der Waals surface area contributed by atoms with Crippen molar-refractivity contribution in [3.05, 3.63) is 29.8 Å². The number of benzene rings is 1. The van der Waals surface area contributed by atoms with E-state index in [9.17, 15) is 9.59 Å². The molecule has 3 rings (SSSR count). The van der Waals surface area contributed by atoms with Crippen molar-refractivity contribution in [2.45, 2.75) is 44.2 Å². The third-order valence-electron chi connectivity index (χ3n) is 5.18. The van der Waals surface area contributed by atoms with Crippen molar-refractivity contribution in [2.24, 2.45) is 23.3 Å². The number of nitrogens with two attached hydrogens (primary N) is 2. The average molecular weight is 368 g/mol. The molecule has 1 aromatic carbocycles. The van der Waals surface area contributed by atoms with Crippen LogP contribution in [0.3, 0.4) is 0 Å². The first-order chi connectivity index (χ1) is 11.5. The van der Waals surface area contributed by atoms with Crippen LogP contribution in [-0.2, 0) is 4.79 Å². The predicted molar refractivity (Wildman–Crippen MR) is 97.7 cm³/mol. The van der Waals surface area contributed by atoms with E-state index in [1.165, 1.54) is 6.42 Å². The number of fused-ring (bicyclic) bond motifs is 2. The lowest BCUT2D eigenvalue weighted by molar-refractivity contribution is -0.119. The van der Waals surface area contributed by atoms with Gasteiger partial charge in [-0.1, -0.05) is 18.6 Å². The van der Waals surface area contributed by atoms with Gasteiger partial charge in [0, 0.05) is 12.1 Å². The number of ether oxygens (including phenoxy) is 1. The van der Waals surface area contributed by atoms with Gasteiger partial charge in [0.2, 0.25) is 0 Å². The topological polar surface area (TPSA) is 107 Å². The van der Waals surface area contributed by atoms with Crippen molar-refractivity contribution in [3.8, 4) is 5.75 Å². The van der Waals surface area contributed by atoms with Gasteiger partial charge in [0.05, 0.1) is 5.56 Å². The summed E-state index contributed by atoms with van der Waals surface area (Å²) in [5.74, 6) is 0.560. The number of halogens is 1. The van der Waals surface area contributed by atoms with Crippen LogP contribution in [0.2, 0.25) is 0 Å². The summed E-state index contributed by atoms with van der Waals surface area (Å²) in [4.78, 5) is 23.7. The van der Waals surface area contributed by atoms with Gasteiger partial charge < -0.3 is 21.5 Å². The maximum Gasteiger partial charge on any atom is 0.255 e. The van der Waals surface area contributed by atoms with E-state index in [1.54, 1.807) is 24.3 Å². The molecule has 0 spiro atoms. The van der Waals surface area contributed by atoms with E-state index in [2.05, 4.69) is 5.32 Å². The van der Waals surface area contributed by atoms with E-state index in [0.29, 0.717) is 23.1 Å². The van der Waals surface area contributed by atoms with Crippen LogP contribution in [0.15, 0.2) is 24.3 Å². The summed E-state index contributed by atoms with van der Waals surface area (Å²) in [5, 5.41) is 3.20. The number of primary amides is 1. The molecular formula is C18H26ClN3O3. The van der Waals surface area contributed by atoms with Gasteiger partial charge in [0.15, 0.2) is 6.61 Å². The highest BCUT2D eigenvalue weighted by Gasteiger charge is 2.40. The van der Waals surface area contributed by atoms with Gasteiger partial charge >= 0.3 is 0 Å². The van der Waals surface area contributed by atoms with Crippen LogP contribution in [0.1, 0.15) is 42.5 Å². The summed E-state index contributed by atoms with van der Waals surface area (Å²) < 4.78 is 5.36. The van der Waals surface area contributed by atoms with Crippen LogP contribution >= 0.6 is 12.4 Å². The molecule has 2 unspecified atom stereocenters. The molecule has 2 aliphatic carbocycles. The average Bonchev–Trinajstić information content (AvgIpc) is 2.54. The van der Waals surface area contributed by atoms with Gasteiger partial charge in [0.25, 0.3) is 11.8 Å². The fraction of sp³-hybridized carbons (Fsp3) is 0.556. The number of nitrogens with one attached hydrogen (secondary N) is 1. The van der Waals surface area contributed by atoms with E-state index in [0.717, 1.165) is 25.7 Å². The fourth-order valence-corrected chi connectivity index (χ4v) is 4.18. The first kappa shape index (κ1) is 19.5. The zero-order valence-electron chi connectivity index (χ0n) is 14.1. The maximum atomic E-state index is 12.8. The number of rotatable bonds is 5. The number of para-hydroxylation sites is 1. The van der Waals surface area contributed by atoms with E-state index in [4.69, 9.17) is 16.2 Å². The zero-order valence-corrected chi connectivity index (χ0v) is 15.0. The van der Waals surface area contributed by atoms with Crippen LogP contribution in [0.4, 0.5) is 0 Å². The van der Waals surface area contributed by atoms with Crippen LogP contribution in [0.5, 0.6) is 5.75 Å². The molecule has 2 amide bonds. The van der Waals surface area contributed by atoms with Crippen molar-refractivity contribution in [1.82, 2.24) is 5.32 Å². The lowest BCUT2D eigenvalue weighted by Crippen LogP contribution is -2.53. The van der Waals surface area contributed by atoms with Gasteiger partial charge in [-0.05, 0) is 49.7 Å².